The highest BCUT2D eigenvalue weighted by Gasteiger charge is 2.76. The van der Waals surface area contributed by atoms with E-state index in [9.17, 15) is 9.59 Å². The minimum Gasteiger partial charge on any atom is -0.448 e. The lowest BCUT2D eigenvalue weighted by Gasteiger charge is -2.39. The quantitative estimate of drug-likeness (QED) is 0.728. The summed E-state index contributed by atoms with van der Waals surface area (Å²) in [7, 11) is 0. The number of carbonyl (C=O) groups excluding carboxylic acids is 2. The second-order valence-corrected chi connectivity index (χ2v) is 6.97. The van der Waals surface area contributed by atoms with Crippen LogP contribution in [0, 0.1) is 10.8 Å². The molecule has 2 fully saturated rings. The lowest BCUT2D eigenvalue weighted by atomic mass is 9.66. The van der Waals surface area contributed by atoms with Gasteiger partial charge < -0.3 is 9.64 Å². The van der Waals surface area contributed by atoms with Gasteiger partial charge in [-0.15, -0.1) is 0 Å². The van der Waals surface area contributed by atoms with Crippen LogP contribution in [0.3, 0.4) is 0 Å². The Balaban J connectivity index is 2.36. The highest BCUT2D eigenvalue weighted by atomic mass is 16.6. The summed E-state index contributed by atoms with van der Waals surface area (Å²) >= 11 is 0. The van der Waals surface area contributed by atoms with E-state index in [0.717, 1.165) is 32.4 Å². The van der Waals surface area contributed by atoms with Crippen molar-refractivity contribution in [2.45, 2.75) is 65.9 Å². The van der Waals surface area contributed by atoms with Gasteiger partial charge in [0, 0.05) is 18.5 Å². The standard InChI is InChI=1S/C16H27NO3/c1-6-10-17(11-7-2)12(18)16-9-8-15(5,13(19)20-16)14(16,3)4/h6-11H2,1-5H3/t15-,16-/m1/s1. The lowest BCUT2D eigenvalue weighted by Crippen LogP contribution is -2.55. The summed E-state index contributed by atoms with van der Waals surface area (Å²) in [6, 6.07) is 0. The Morgan fingerprint density at radius 3 is 2.05 bits per heavy atom. The summed E-state index contributed by atoms with van der Waals surface area (Å²) in [6.07, 6.45) is 3.25. The lowest BCUT2D eigenvalue weighted by molar-refractivity contribution is -0.174. The molecule has 20 heavy (non-hydrogen) atoms. The second-order valence-electron chi connectivity index (χ2n) is 6.97. The normalized spacial score (nSPS) is 34.1. The average molecular weight is 281 g/mol. The molecule has 0 radical (unpaired) electrons. The molecule has 0 aromatic heterocycles. The molecule has 2 atom stereocenters. The van der Waals surface area contributed by atoms with Gasteiger partial charge in [-0.05, 0) is 32.6 Å². The zero-order valence-electron chi connectivity index (χ0n) is 13.4. The maximum atomic E-state index is 13.1. The maximum absolute atomic E-state index is 13.1. The molecule has 2 rings (SSSR count). The van der Waals surface area contributed by atoms with Crippen LogP contribution in [-0.4, -0.2) is 35.5 Å². The van der Waals surface area contributed by atoms with Crippen molar-refractivity contribution in [1.29, 1.82) is 0 Å². The SMILES string of the molecule is CCCN(CCC)C(=O)[C@@]12CC[C@](C)(C(=O)O1)C2(C)C. The molecule has 2 bridgehead atoms. The molecule has 0 unspecified atom stereocenters. The molecule has 1 aliphatic heterocycles. The highest BCUT2D eigenvalue weighted by Crippen LogP contribution is 2.65. The van der Waals surface area contributed by atoms with Crippen LogP contribution >= 0.6 is 0 Å². The van der Waals surface area contributed by atoms with Gasteiger partial charge in [0.05, 0.1) is 5.41 Å². The van der Waals surface area contributed by atoms with Gasteiger partial charge in [-0.25, -0.2) is 0 Å². The first-order valence-corrected chi connectivity index (χ1v) is 7.79. The number of rotatable bonds is 5. The molecule has 114 valence electrons. The van der Waals surface area contributed by atoms with Crippen LogP contribution in [0.25, 0.3) is 0 Å². The number of fused-ring (bicyclic) bond motifs is 2. The smallest absolute Gasteiger partial charge is 0.313 e. The number of hydrogen-bond donors (Lipinski definition) is 0. The molecule has 1 saturated heterocycles. The fraction of sp³-hybridized carbons (Fsp3) is 0.875. The van der Waals surface area contributed by atoms with Crippen molar-refractivity contribution in [2.24, 2.45) is 10.8 Å². The maximum Gasteiger partial charge on any atom is 0.313 e. The number of carbonyl (C=O) groups is 2. The van der Waals surface area contributed by atoms with Crippen LogP contribution in [0.15, 0.2) is 0 Å². The molecule has 1 heterocycles. The first-order valence-electron chi connectivity index (χ1n) is 7.79. The minimum atomic E-state index is -0.941. The van der Waals surface area contributed by atoms with Crippen LogP contribution in [0.4, 0.5) is 0 Å². The van der Waals surface area contributed by atoms with Crippen molar-refractivity contribution in [3.63, 3.8) is 0 Å². The number of esters is 1. The van der Waals surface area contributed by atoms with Crippen LogP contribution in [0.2, 0.25) is 0 Å². The Bertz CT molecular complexity index is 425. The Kier molecular flexibility index (Phi) is 3.64. The van der Waals surface area contributed by atoms with Gasteiger partial charge in [-0.3, -0.25) is 9.59 Å². The van der Waals surface area contributed by atoms with Crippen molar-refractivity contribution in [3.8, 4) is 0 Å². The molecule has 4 nitrogen and oxygen atoms in total. The summed E-state index contributed by atoms with van der Waals surface area (Å²) in [5.74, 6) is -0.184. The van der Waals surface area contributed by atoms with Gasteiger partial charge in [-0.2, -0.15) is 0 Å². The fourth-order valence-electron chi connectivity index (χ4n) is 3.83. The molecule has 0 aromatic rings. The second kappa shape index (κ2) is 4.74. The Labute approximate surface area is 121 Å². The third kappa shape index (κ3) is 1.66. The van der Waals surface area contributed by atoms with E-state index in [1.54, 1.807) is 0 Å². The minimum absolute atomic E-state index is 0.0146. The number of hydrogen-bond acceptors (Lipinski definition) is 3. The van der Waals surface area contributed by atoms with Crippen molar-refractivity contribution in [2.75, 3.05) is 13.1 Å². The monoisotopic (exact) mass is 281 g/mol. The van der Waals surface area contributed by atoms with E-state index in [4.69, 9.17) is 4.74 Å². The molecule has 1 saturated carbocycles. The molecule has 2 aliphatic rings. The van der Waals surface area contributed by atoms with Gasteiger partial charge in [0.2, 0.25) is 0 Å². The summed E-state index contributed by atoms with van der Waals surface area (Å²) < 4.78 is 5.67. The van der Waals surface area contributed by atoms with Gasteiger partial charge in [0.15, 0.2) is 5.60 Å². The van der Waals surface area contributed by atoms with Crippen molar-refractivity contribution in [3.05, 3.63) is 0 Å². The summed E-state index contributed by atoms with van der Waals surface area (Å²) in [5, 5.41) is 0. The summed E-state index contributed by atoms with van der Waals surface area (Å²) in [5.41, 5.74) is -1.90. The largest absolute Gasteiger partial charge is 0.448 e. The molecule has 0 aromatic carbocycles. The first kappa shape index (κ1) is 15.3. The summed E-state index contributed by atoms with van der Waals surface area (Å²) in [6.45, 7) is 11.6. The number of amides is 1. The van der Waals surface area contributed by atoms with Crippen LogP contribution in [0.5, 0.6) is 0 Å². The van der Waals surface area contributed by atoms with Crippen molar-refractivity contribution >= 4 is 11.9 Å². The number of nitrogens with zero attached hydrogens (tertiary/aromatic N) is 1. The molecule has 1 amide bonds. The highest BCUT2D eigenvalue weighted by molar-refractivity contribution is 5.96. The summed E-state index contributed by atoms with van der Waals surface area (Å²) in [4.78, 5) is 27.2. The Hall–Kier alpha value is -1.06. The predicted molar refractivity (Wildman–Crippen MR) is 77.1 cm³/mol. The van der Waals surface area contributed by atoms with E-state index in [1.165, 1.54) is 0 Å². The zero-order chi connectivity index (χ0) is 15.2. The van der Waals surface area contributed by atoms with Gasteiger partial charge in [-0.1, -0.05) is 27.7 Å². The van der Waals surface area contributed by atoms with Crippen molar-refractivity contribution < 1.29 is 14.3 Å². The Morgan fingerprint density at radius 1 is 1.15 bits per heavy atom. The molecular formula is C16H27NO3. The van der Waals surface area contributed by atoms with Crippen LogP contribution in [-0.2, 0) is 14.3 Å². The van der Waals surface area contributed by atoms with Gasteiger partial charge in [0.1, 0.15) is 0 Å². The average Bonchev–Trinajstić information content (AvgIpc) is 2.68. The zero-order valence-corrected chi connectivity index (χ0v) is 13.4. The first-order chi connectivity index (χ1) is 9.27. The van der Waals surface area contributed by atoms with E-state index in [2.05, 4.69) is 13.8 Å². The third-order valence-corrected chi connectivity index (χ3v) is 5.70. The molecule has 1 aliphatic carbocycles. The van der Waals surface area contributed by atoms with Crippen molar-refractivity contribution in [1.82, 2.24) is 4.90 Å². The van der Waals surface area contributed by atoms with Gasteiger partial charge in [0.25, 0.3) is 5.91 Å². The van der Waals surface area contributed by atoms with E-state index in [-0.39, 0.29) is 11.9 Å². The number of ether oxygens (including phenoxy) is 1. The third-order valence-electron chi connectivity index (χ3n) is 5.70. The van der Waals surface area contributed by atoms with E-state index < -0.39 is 16.4 Å². The van der Waals surface area contributed by atoms with E-state index in [0.29, 0.717) is 6.42 Å². The molecule has 0 N–H and O–H groups in total. The topological polar surface area (TPSA) is 46.6 Å². The van der Waals surface area contributed by atoms with E-state index in [1.807, 2.05) is 25.7 Å². The molecule has 4 heteroatoms. The molecule has 0 spiro atoms. The Morgan fingerprint density at radius 2 is 1.70 bits per heavy atom. The van der Waals surface area contributed by atoms with Crippen LogP contribution in [0.1, 0.15) is 60.3 Å². The van der Waals surface area contributed by atoms with E-state index >= 15 is 0 Å². The fourth-order valence-corrected chi connectivity index (χ4v) is 3.83. The van der Waals surface area contributed by atoms with Gasteiger partial charge >= 0.3 is 5.97 Å². The predicted octanol–water partition coefficient (Wildman–Crippen LogP) is 2.76. The van der Waals surface area contributed by atoms with Crippen LogP contribution < -0.4 is 0 Å². The molecular weight excluding hydrogens is 254 g/mol.